The number of methoxy groups -OCH3 is 1. The van der Waals surface area contributed by atoms with Gasteiger partial charge in [-0.1, -0.05) is 18.2 Å². The van der Waals surface area contributed by atoms with E-state index in [4.69, 9.17) is 4.74 Å². The van der Waals surface area contributed by atoms with Crippen molar-refractivity contribution >= 4 is 32.7 Å². The molecule has 0 fully saturated rings. The smallest absolute Gasteiger partial charge is 0.255 e. The Labute approximate surface area is 180 Å². The summed E-state index contributed by atoms with van der Waals surface area (Å²) < 4.78 is 34.3. The summed E-state index contributed by atoms with van der Waals surface area (Å²) in [5, 5.41) is 1.10. The molecule has 0 atom stereocenters. The van der Waals surface area contributed by atoms with E-state index in [0.29, 0.717) is 23.8 Å². The Morgan fingerprint density at radius 1 is 1.17 bits per heavy atom. The van der Waals surface area contributed by atoms with Crippen molar-refractivity contribution in [1.29, 1.82) is 0 Å². The zero-order chi connectivity index (χ0) is 21.1. The molecule has 1 aromatic heterocycles. The van der Waals surface area contributed by atoms with Gasteiger partial charge in [0.15, 0.2) is 0 Å². The van der Waals surface area contributed by atoms with E-state index in [-0.39, 0.29) is 10.5 Å². The number of nitrogens with zero attached hydrogens (tertiary/aromatic N) is 1. The molecule has 30 heavy (non-hydrogen) atoms. The molecule has 1 aliphatic heterocycles. The average Bonchev–Trinajstić information content (AvgIpc) is 2.76. The minimum absolute atomic E-state index is 0.0703. The third-order valence-electron chi connectivity index (χ3n) is 5.26. The molecule has 0 saturated heterocycles. The normalized spacial score (nSPS) is 13.5. The molecular weight excluding hydrogens is 420 g/mol. The highest BCUT2D eigenvalue weighted by atomic mass is 32.2. The molecule has 8 heteroatoms. The monoisotopic (exact) mass is 444 g/mol. The minimum atomic E-state index is -3.56. The Balaban J connectivity index is 1.37. The zero-order valence-corrected chi connectivity index (χ0v) is 18.4. The summed E-state index contributed by atoms with van der Waals surface area (Å²) in [5.74, 6) is 1.74. The first kappa shape index (κ1) is 21.0. The molecule has 1 aliphatic rings. The summed E-state index contributed by atoms with van der Waals surface area (Å²) in [5.41, 5.74) is 3.14. The van der Waals surface area contributed by atoms with Gasteiger partial charge in [-0.05, 0) is 54.1 Å². The van der Waals surface area contributed by atoms with Crippen LogP contribution in [0.1, 0.15) is 17.5 Å². The van der Waals surface area contributed by atoms with Crippen molar-refractivity contribution in [3.63, 3.8) is 0 Å². The number of hydrogen-bond acceptors (Lipinski definition) is 5. The van der Waals surface area contributed by atoms with Crippen molar-refractivity contribution in [1.82, 2.24) is 9.29 Å². The largest absolute Gasteiger partial charge is 0.497 e. The van der Waals surface area contributed by atoms with E-state index in [9.17, 15) is 13.2 Å². The first-order valence-electron chi connectivity index (χ1n) is 9.85. The summed E-state index contributed by atoms with van der Waals surface area (Å²) >= 11 is 1.55. The van der Waals surface area contributed by atoms with E-state index in [2.05, 4.69) is 16.9 Å². The number of sulfonamides is 1. The summed E-state index contributed by atoms with van der Waals surface area (Å²) in [6.45, 7) is 1.05. The molecule has 2 aromatic carbocycles. The van der Waals surface area contributed by atoms with E-state index in [1.807, 2.05) is 16.7 Å². The van der Waals surface area contributed by atoms with Gasteiger partial charge in [0.25, 0.3) is 5.56 Å². The van der Waals surface area contributed by atoms with Gasteiger partial charge in [-0.15, -0.1) is 0 Å². The molecule has 6 nitrogen and oxygen atoms in total. The first-order chi connectivity index (χ1) is 14.5. The van der Waals surface area contributed by atoms with Crippen LogP contribution in [-0.4, -0.2) is 32.4 Å². The molecule has 0 radical (unpaired) electrons. The maximum Gasteiger partial charge on any atom is 0.255 e. The van der Waals surface area contributed by atoms with Crippen molar-refractivity contribution in [2.24, 2.45) is 0 Å². The maximum absolute atomic E-state index is 12.9. The molecule has 4 rings (SSSR count). The van der Waals surface area contributed by atoms with Crippen LogP contribution in [-0.2, 0) is 28.7 Å². The number of pyridine rings is 1. The Bertz CT molecular complexity index is 1220. The van der Waals surface area contributed by atoms with Crippen molar-refractivity contribution in [2.75, 3.05) is 19.4 Å². The fourth-order valence-corrected chi connectivity index (χ4v) is 5.77. The molecule has 3 aromatic rings. The van der Waals surface area contributed by atoms with Crippen LogP contribution in [0.4, 0.5) is 0 Å². The summed E-state index contributed by atoms with van der Waals surface area (Å²) in [6, 6.07) is 14.5. The number of aryl methyl sites for hydroxylation is 2. The predicted octanol–water partition coefficient (Wildman–Crippen LogP) is 3.17. The van der Waals surface area contributed by atoms with Crippen LogP contribution in [0.15, 0.2) is 58.2 Å². The van der Waals surface area contributed by atoms with Crippen LogP contribution >= 0.6 is 11.8 Å². The van der Waals surface area contributed by atoms with Crippen LogP contribution in [0.2, 0.25) is 0 Å². The molecule has 2 heterocycles. The standard InChI is InChI=1S/C22H24N2O4S2/c1-28-19-7-9-20(10-8-19)30(26,27)23-11-13-29-15-18-14-17-5-2-4-16-6-3-12-24(21(16)17)22(18)25/h2,4-5,7-10,14,23H,3,6,11-13,15H2,1H3. The lowest BCUT2D eigenvalue weighted by atomic mass is 10.0. The number of benzene rings is 2. The fraction of sp³-hybridized carbons (Fsp3) is 0.318. The molecule has 0 spiro atoms. The second kappa shape index (κ2) is 8.83. The highest BCUT2D eigenvalue weighted by molar-refractivity contribution is 7.98. The molecule has 0 bridgehead atoms. The van der Waals surface area contributed by atoms with Crippen LogP contribution in [0.3, 0.4) is 0 Å². The molecule has 0 saturated carbocycles. The number of ether oxygens (including phenoxy) is 1. The Kier molecular flexibility index (Phi) is 6.17. The van der Waals surface area contributed by atoms with E-state index in [1.165, 1.54) is 24.8 Å². The van der Waals surface area contributed by atoms with Gasteiger partial charge in [-0.3, -0.25) is 4.79 Å². The quantitative estimate of drug-likeness (QED) is 0.540. The van der Waals surface area contributed by atoms with Gasteiger partial charge in [0.1, 0.15) is 5.75 Å². The van der Waals surface area contributed by atoms with Crippen molar-refractivity contribution in [3.05, 3.63) is 70.0 Å². The van der Waals surface area contributed by atoms with Gasteiger partial charge in [0.2, 0.25) is 10.0 Å². The van der Waals surface area contributed by atoms with E-state index in [1.54, 1.807) is 23.9 Å². The Morgan fingerprint density at radius 3 is 2.73 bits per heavy atom. The second-order valence-corrected chi connectivity index (χ2v) is 10.1. The van der Waals surface area contributed by atoms with Crippen molar-refractivity contribution < 1.29 is 13.2 Å². The zero-order valence-electron chi connectivity index (χ0n) is 16.8. The van der Waals surface area contributed by atoms with Gasteiger partial charge in [-0.2, -0.15) is 11.8 Å². The van der Waals surface area contributed by atoms with Crippen LogP contribution in [0.5, 0.6) is 5.75 Å². The van der Waals surface area contributed by atoms with Crippen molar-refractivity contribution in [2.45, 2.75) is 30.0 Å². The number of hydrogen-bond donors (Lipinski definition) is 1. The van der Waals surface area contributed by atoms with Gasteiger partial charge in [-0.25, -0.2) is 13.1 Å². The van der Waals surface area contributed by atoms with Crippen molar-refractivity contribution in [3.8, 4) is 5.75 Å². The lowest BCUT2D eigenvalue weighted by Crippen LogP contribution is -2.27. The highest BCUT2D eigenvalue weighted by Gasteiger charge is 2.16. The molecule has 158 valence electrons. The van der Waals surface area contributed by atoms with Gasteiger partial charge >= 0.3 is 0 Å². The third-order valence-corrected chi connectivity index (χ3v) is 7.75. The fourth-order valence-electron chi connectivity index (χ4n) is 3.80. The Morgan fingerprint density at radius 2 is 1.97 bits per heavy atom. The van der Waals surface area contributed by atoms with Gasteiger partial charge < -0.3 is 9.30 Å². The van der Waals surface area contributed by atoms with E-state index >= 15 is 0 Å². The van der Waals surface area contributed by atoms with Gasteiger partial charge in [0, 0.05) is 30.2 Å². The average molecular weight is 445 g/mol. The first-order valence-corrected chi connectivity index (χ1v) is 12.5. The van der Waals surface area contributed by atoms with Gasteiger partial charge in [0.05, 0.1) is 17.5 Å². The second-order valence-electron chi connectivity index (χ2n) is 7.21. The number of aromatic nitrogens is 1. The van der Waals surface area contributed by atoms with Crippen LogP contribution in [0, 0.1) is 0 Å². The topological polar surface area (TPSA) is 77.4 Å². The predicted molar refractivity (Wildman–Crippen MR) is 121 cm³/mol. The van der Waals surface area contributed by atoms with E-state index in [0.717, 1.165) is 35.9 Å². The van der Waals surface area contributed by atoms with E-state index < -0.39 is 10.0 Å². The number of para-hydroxylation sites is 1. The lowest BCUT2D eigenvalue weighted by Gasteiger charge is -2.20. The Hall–Kier alpha value is -2.29. The number of rotatable bonds is 8. The van der Waals surface area contributed by atoms with Crippen LogP contribution in [0.25, 0.3) is 10.9 Å². The SMILES string of the molecule is COc1ccc(S(=O)(=O)NCCSCc2cc3cccc4c3n(c2=O)CCC4)cc1. The number of nitrogens with one attached hydrogen (secondary N) is 1. The lowest BCUT2D eigenvalue weighted by molar-refractivity contribution is 0.414. The van der Waals surface area contributed by atoms with Crippen LogP contribution < -0.4 is 15.0 Å². The molecule has 1 N–H and O–H groups in total. The third kappa shape index (κ3) is 4.26. The summed E-state index contributed by atoms with van der Waals surface area (Å²) in [7, 11) is -2.02. The maximum atomic E-state index is 12.9. The summed E-state index contributed by atoms with van der Waals surface area (Å²) in [6.07, 6.45) is 2.00. The molecule has 0 aliphatic carbocycles. The highest BCUT2D eigenvalue weighted by Crippen LogP contribution is 2.25. The molecule has 0 unspecified atom stereocenters. The molecule has 0 amide bonds. The summed E-state index contributed by atoms with van der Waals surface area (Å²) in [4.78, 5) is 13.1. The number of thioether (sulfide) groups is 1. The minimum Gasteiger partial charge on any atom is -0.497 e. The molecular formula is C22H24N2O4S2.